The molecule has 7 heteroatoms. The molecule has 0 aliphatic carbocycles. The SMILES string of the molecule is COC(=O)c1ccccc1-n1cc2c(c1-c1ccc(C)cc1)c(=O)n(C)c(=O)n2C. The summed E-state index contributed by atoms with van der Waals surface area (Å²) in [5.41, 5.74) is 3.08. The topological polar surface area (TPSA) is 75.2 Å². The smallest absolute Gasteiger partial charge is 0.339 e. The number of fused-ring (bicyclic) bond motifs is 1. The Morgan fingerprint density at radius 1 is 0.933 bits per heavy atom. The van der Waals surface area contributed by atoms with Crippen LogP contribution >= 0.6 is 0 Å². The maximum Gasteiger partial charge on any atom is 0.339 e. The molecule has 0 spiro atoms. The molecule has 152 valence electrons. The van der Waals surface area contributed by atoms with Crippen LogP contribution in [0.4, 0.5) is 0 Å². The lowest BCUT2D eigenvalue weighted by atomic mass is 10.1. The molecule has 0 bridgehead atoms. The number of aromatic nitrogens is 3. The number of para-hydroxylation sites is 1. The largest absolute Gasteiger partial charge is 0.465 e. The molecular formula is C23H21N3O4. The fourth-order valence-corrected chi connectivity index (χ4v) is 3.69. The number of hydrogen-bond donors (Lipinski definition) is 0. The lowest BCUT2D eigenvalue weighted by Gasteiger charge is -2.13. The lowest BCUT2D eigenvalue weighted by Crippen LogP contribution is -2.36. The number of rotatable bonds is 3. The van der Waals surface area contributed by atoms with Gasteiger partial charge in [-0.25, -0.2) is 9.59 Å². The van der Waals surface area contributed by atoms with E-state index < -0.39 is 17.2 Å². The van der Waals surface area contributed by atoms with Crippen LogP contribution in [0.15, 0.2) is 64.3 Å². The van der Waals surface area contributed by atoms with Crippen molar-refractivity contribution in [1.82, 2.24) is 13.7 Å². The van der Waals surface area contributed by atoms with Gasteiger partial charge in [-0.2, -0.15) is 0 Å². The molecule has 2 aromatic carbocycles. The van der Waals surface area contributed by atoms with Crippen LogP contribution in [0.3, 0.4) is 0 Å². The van der Waals surface area contributed by atoms with E-state index in [0.717, 1.165) is 15.7 Å². The molecule has 0 radical (unpaired) electrons. The van der Waals surface area contributed by atoms with Crippen molar-refractivity contribution < 1.29 is 9.53 Å². The van der Waals surface area contributed by atoms with Crippen LogP contribution < -0.4 is 11.2 Å². The van der Waals surface area contributed by atoms with Gasteiger partial charge in [0.05, 0.1) is 35.0 Å². The molecule has 4 aromatic rings. The number of esters is 1. The van der Waals surface area contributed by atoms with Crippen LogP contribution in [-0.4, -0.2) is 26.8 Å². The minimum absolute atomic E-state index is 0.357. The van der Waals surface area contributed by atoms with Crippen molar-refractivity contribution in [2.45, 2.75) is 6.92 Å². The molecule has 2 aromatic heterocycles. The van der Waals surface area contributed by atoms with Crippen LogP contribution in [0.5, 0.6) is 0 Å². The van der Waals surface area contributed by atoms with Gasteiger partial charge in [0.2, 0.25) is 0 Å². The highest BCUT2D eigenvalue weighted by molar-refractivity contribution is 5.98. The normalized spacial score (nSPS) is 11.1. The Hall–Kier alpha value is -3.87. The number of methoxy groups -OCH3 is 1. The number of carbonyl (C=O) groups is 1. The van der Waals surface area contributed by atoms with E-state index in [2.05, 4.69) is 0 Å². The Labute approximate surface area is 172 Å². The summed E-state index contributed by atoms with van der Waals surface area (Å²) in [6.45, 7) is 1.98. The van der Waals surface area contributed by atoms with Gasteiger partial charge in [-0.05, 0) is 24.6 Å². The monoisotopic (exact) mass is 403 g/mol. The second-order valence-electron chi connectivity index (χ2n) is 7.19. The maximum atomic E-state index is 13.1. The Morgan fingerprint density at radius 2 is 1.60 bits per heavy atom. The molecule has 0 fully saturated rings. The molecule has 2 heterocycles. The third-order valence-corrected chi connectivity index (χ3v) is 5.33. The summed E-state index contributed by atoms with van der Waals surface area (Å²) in [7, 11) is 4.41. The number of carbonyl (C=O) groups excluding carboxylic acids is 1. The highest BCUT2D eigenvalue weighted by Crippen LogP contribution is 2.32. The molecule has 4 rings (SSSR count). The van der Waals surface area contributed by atoms with Gasteiger partial charge in [0, 0.05) is 20.3 Å². The molecular weight excluding hydrogens is 382 g/mol. The zero-order chi connectivity index (χ0) is 21.6. The molecule has 0 saturated heterocycles. The standard InChI is InChI=1S/C23H21N3O4/c1-14-9-11-15(12-10-14)20-19-18(24(2)23(29)25(3)21(19)27)13-26(20)17-8-6-5-7-16(17)22(28)30-4/h5-13H,1-4H3. The van der Waals surface area contributed by atoms with Crippen molar-refractivity contribution in [3.63, 3.8) is 0 Å². The van der Waals surface area contributed by atoms with Gasteiger partial charge >= 0.3 is 11.7 Å². The Kier molecular flexibility index (Phi) is 4.66. The molecule has 0 unspecified atom stereocenters. The summed E-state index contributed by atoms with van der Waals surface area (Å²) in [6, 6.07) is 14.8. The highest BCUT2D eigenvalue weighted by Gasteiger charge is 2.22. The van der Waals surface area contributed by atoms with Crippen molar-refractivity contribution in [2.75, 3.05) is 7.11 Å². The van der Waals surface area contributed by atoms with Crippen molar-refractivity contribution in [2.24, 2.45) is 14.1 Å². The van der Waals surface area contributed by atoms with Gasteiger partial charge in [-0.15, -0.1) is 0 Å². The van der Waals surface area contributed by atoms with Gasteiger partial charge in [-0.1, -0.05) is 42.0 Å². The number of nitrogens with zero attached hydrogens (tertiary/aromatic N) is 3. The quantitative estimate of drug-likeness (QED) is 0.493. The van der Waals surface area contributed by atoms with E-state index >= 15 is 0 Å². The first-order chi connectivity index (χ1) is 14.3. The second kappa shape index (κ2) is 7.18. The minimum Gasteiger partial charge on any atom is -0.465 e. The molecule has 7 nitrogen and oxygen atoms in total. The third kappa shape index (κ3) is 2.86. The third-order valence-electron chi connectivity index (χ3n) is 5.33. The summed E-state index contributed by atoms with van der Waals surface area (Å²) < 4.78 is 9.26. The Balaban J connectivity index is 2.21. The molecule has 0 aliphatic rings. The van der Waals surface area contributed by atoms with Crippen LogP contribution in [0.2, 0.25) is 0 Å². The number of hydrogen-bond acceptors (Lipinski definition) is 4. The van der Waals surface area contributed by atoms with E-state index in [1.54, 1.807) is 36.0 Å². The van der Waals surface area contributed by atoms with Crippen molar-refractivity contribution in [3.05, 3.63) is 86.7 Å². The lowest BCUT2D eigenvalue weighted by molar-refractivity contribution is 0.0601. The maximum absolute atomic E-state index is 13.1. The molecule has 0 N–H and O–H groups in total. The highest BCUT2D eigenvalue weighted by atomic mass is 16.5. The van der Waals surface area contributed by atoms with Gasteiger partial charge in [-0.3, -0.25) is 13.9 Å². The Bertz CT molecular complexity index is 1410. The van der Waals surface area contributed by atoms with Crippen molar-refractivity contribution in [3.8, 4) is 16.9 Å². The van der Waals surface area contributed by atoms with E-state index in [9.17, 15) is 14.4 Å². The van der Waals surface area contributed by atoms with Crippen LogP contribution in [0.1, 0.15) is 15.9 Å². The number of aryl methyl sites for hydroxylation is 2. The Morgan fingerprint density at radius 3 is 2.27 bits per heavy atom. The molecule has 0 aliphatic heterocycles. The summed E-state index contributed by atoms with van der Waals surface area (Å²) in [4.78, 5) is 38.0. The van der Waals surface area contributed by atoms with Gasteiger partial charge in [0.15, 0.2) is 0 Å². The van der Waals surface area contributed by atoms with E-state index in [1.807, 2.05) is 37.3 Å². The van der Waals surface area contributed by atoms with E-state index in [1.165, 1.54) is 18.7 Å². The van der Waals surface area contributed by atoms with Gasteiger partial charge in [0.25, 0.3) is 5.56 Å². The van der Waals surface area contributed by atoms with Crippen LogP contribution in [0.25, 0.3) is 27.8 Å². The van der Waals surface area contributed by atoms with Gasteiger partial charge in [0.1, 0.15) is 0 Å². The zero-order valence-corrected chi connectivity index (χ0v) is 17.2. The molecule has 0 amide bonds. The first kappa shape index (κ1) is 19.4. The first-order valence-electron chi connectivity index (χ1n) is 9.41. The molecule has 0 saturated carbocycles. The second-order valence-corrected chi connectivity index (χ2v) is 7.19. The summed E-state index contributed by atoms with van der Waals surface area (Å²) in [5.74, 6) is -0.486. The van der Waals surface area contributed by atoms with Crippen LogP contribution in [0, 0.1) is 6.92 Å². The van der Waals surface area contributed by atoms with Crippen LogP contribution in [-0.2, 0) is 18.8 Å². The van der Waals surface area contributed by atoms with Crippen molar-refractivity contribution >= 4 is 16.9 Å². The predicted octanol–water partition coefficient (Wildman–Crippen LogP) is 2.79. The molecule has 0 atom stereocenters. The van der Waals surface area contributed by atoms with E-state index in [0.29, 0.717) is 27.8 Å². The first-order valence-corrected chi connectivity index (χ1v) is 9.41. The average Bonchev–Trinajstić information content (AvgIpc) is 3.17. The average molecular weight is 403 g/mol. The van der Waals surface area contributed by atoms with E-state index in [-0.39, 0.29) is 0 Å². The predicted molar refractivity (Wildman–Crippen MR) is 115 cm³/mol. The fourth-order valence-electron chi connectivity index (χ4n) is 3.69. The summed E-state index contributed by atoms with van der Waals surface area (Å²) >= 11 is 0. The minimum atomic E-state index is -0.486. The van der Waals surface area contributed by atoms with Crippen molar-refractivity contribution in [1.29, 1.82) is 0 Å². The summed E-state index contributed by atoms with van der Waals surface area (Å²) in [6.07, 6.45) is 1.72. The van der Waals surface area contributed by atoms with Gasteiger partial charge < -0.3 is 9.30 Å². The summed E-state index contributed by atoms with van der Waals surface area (Å²) in [5, 5.41) is 0.406. The number of ether oxygens (including phenoxy) is 1. The molecule has 30 heavy (non-hydrogen) atoms. The van der Waals surface area contributed by atoms with E-state index in [4.69, 9.17) is 4.74 Å². The zero-order valence-electron chi connectivity index (χ0n) is 17.2. The fraction of sp³-hybridized carbons (Fsp3) is 0.174. The number of benzene rings is 2.